The van der Waals surface area contributed by atoms with E-state index in [-0.39, 0.29) is 0 Å². The number of hydrogen-bond acceptors (Lipinski definition) is 3. The fraction of sp³-hybridized carbons (Fsp3) is 0.778. The van der Waals surface area contributed by atoms with Gasteiger partial charge in [-0.1, -0.05) is 40.5 Å². The summed E-state index contributed by atoms with van der Waals surface area (Å²) in [6, 6.07) is 5.18. The van der Waals surface area contributed by atoms with Gasteiger partial charge in [0.1, 0.15) is 0 Å². The molecule has 2 rings (SSSR count). The third kappa shape index (κ3) is 4.80. The van der Waals surface area contributed by atoms with Gasteiger partial charge in [-0.15, -0.1) is 11.3 Å². The second-order valence-electron chi connectivity index (χ2n) is 6.89. The van der Waals surface area contributed by atoms with Crippen molar-refractivity contribution < 1.29 is 0 Å². The molecule has 0 aromatic carbocycles. The van der Waals surface area contributed by atoms with Gasteiger partial charge in [-0.05, 0) is 43.5 Å². The molecule has 3 heteroatoms. The van der Waals surface area contributed by atoms with Crippen molar-refractivity contribution >= 4 is 11.3 Å². The number of rotatable bonds is 7. The van der Waals surface area contributed by atoms with Crippen molar-refractivity contribution in [2.75, 3.05) is 13.1 Å². The summed E-state index contributed by atoms with van der Waals surface area (Å²) in [4.78, 5) is 5.64. The summed E-state index contributed by atoms with van der Waals surface area (Å²) < 4.78 is 0. The van der Waals surface area contributed by atoms with Crippen LogP contribution in [0.1, 0.15) is 63.1 Å². The molecule has 0 spiro atoms. The van der Waals surface area contributed by atoms with Crippen molar-refractivity contribution in [3.63, 3.8) is 0 Å². The van der Waals surface area contributed by atoms with Crippen LogP contribution in [0.5, 0.6) is 0 Å². The van der Waals surface area contributed by atoms with Crippen LogP contribution in [0.15, 0.2) is 12.1 Å². The van der Waals surface area contributed by atoms with E-state index in [0.29, 0.717) is 11.5 Å². The summed E-state index contributed by atoms with van der Waals surface area (Å²) in [5.41, 5.74) is 0.637. The van der Waals surface area contributed by atoms with E-state index in [4.69, 9.17) is 0 Å². The number of nitrogens with one attached hydrogen (secondary N) is 1. The van der Waals surface area contributed by atoms with Crippen LogP contribution in [0.25, 0.3) is 0 Å². The van der Waals surface area contributed by atoms with E-state index in [1.807, 2.05) is 11.3 Å². The molecule has 0 unspecified atom stereocenters. The zero-order valence-electron chi connectivity index (χ0n) is 14.2. The first-order chi connectivity index (χ1) is 10.1. The van der Waals surface area contributed by atoms with Crippen LogP contribution in [0.4, 0.5) is 0 Å². The molecular formula is C18H32N2S. The standard InChI is InChI=1S/C18H32N2S/c1-5-18(6-2)9-11-20(12-10-18)14-17-8-7-16(21-17)13-19-15(3)4/h7-8,15,19H,5-6,9-14H2,1-4H3. The van der Waals surface area contributed by atoms with Gasteiger partial charge in [0.25, 0.3) is 0 Å². The van der Waals surface area contributed by atoms with Gasteiger partial charge < -0.3 is 5.32 Å². The molecule has 0 bridgehead atoms. The number of thiophene rings is 1. The first-order valence-corrected chi connectivity index (χ1v) is 9.42. The molecule has 0 atom stereocenters. The summed E-state index contributed by atoms with van der Waals surface area (Å²) >= 11 is 1.98. The van der Waals surface area contributed by atoms with Crippen LogP contribution in [0.2, 0.25) is 0 Å². The molecule has 2 nitrogen and oxygen atoms in total. The maximum atomic E-state index is 3.50. The van der Waals surface area contributed by atoms with Crippen LogP contribution in [0.3, 0.4) is 0 Å². The largest absolute Gasteiger partial charge is 0.310 e. The molecule has 120 valence electrons. The Morgan fingerprint density at radius 2 is 1.76 bits per heavy atom. The van der Waals surface area contributed by atoms with Gasteiger partial charge in [0.15, 0.2) is 0 Å². The van der Waals surface area contributed by atoms with E-state index in [9.17, 15) is 0 Å². The van der Waals surface area contributed by atoms with Crippen molar-refractivity contribution in [1.29, 1.82) is 0 Å². The molecule has 1 N–H and O–H groups in total. The first-order valence-electron chi connectivity index (χ1n) is 8.60. The molecule has 0 amide bonds. The van der Waals surface area contributed by atoms with Gasteiger partial charge in [0.05, 0.1) is 0 Å². The molecule has 1 aliphatic heterocycles. The third-order valence-electron chi connectivity index (χ3n) is 5.20. The van der Waals surface area contributed by atoms with Crippen LogP contribution in [-0.2, 0) is 13.1 Å². The summed E-state index contributed by atoms with van der Waals surface area (Å²) in [6.45, 7) is 13.9. The van der Waals surface area contributed by atoms with E-state index in [2.05, 4.69) is 50.0 Å². The van der Waals surface area contributed by atoms with E-state index in [1.54, 1.807) is 0 Å². The summed E-state index contributed by atoms with van der Waals surface area (Å²) in [7, 11) is 0. The van der Waals surface area contributed by atoms with Gasteiger partial charge in [0.2, 0.25) is 0 Å². The molecule has 1 saturated heterocycles. The minimum Gasteiger partial charge on any atom is -0.310 e. The number of hydrogen-bond donors (Lipinski definition) is 1. The molecule has 1 aromatic rings. The molecule has 0 radical (unpaired) electrons. The van der Waals surface area contributed by atoms with Crippen LogP contribution >= 0.6 is 11.3 Å². The Bertz CT molecular complexity index is 411. The molecular weight excluding hydrogens is 276 g/mol. The first kappa shape index (κ1) is 17.0. The normalized spacial score (nSPS) is 19.3. The Morgan fingerprint density at radius 1 is 1.14 bits per heavy atom. The maximum absolute atomic E-state index is 3.50. The predicted octanol–water partition coefficient (Wildman–Crippen LogP) is 4.65. The van der Waals surface area contributed by atoms with E-state index in [0.717, 1.165) is 13.1 Å². The molecule has 1 fully saturated rings. The Balaban J connectivity index is 1.81. The summed E-state index contributed by atoms with van der Waals surface area (Å²) in [6.07, 6.45) is 5.46. The molecule has 21 heavy (non-hydrogen) atoms. The highest BCUT2D eigenvalue weighted by Gasteiger charge is 2.31. The summed E-state index contributed by atoms with van der Waals surface area (Å²) in [5, 5.41) is 3.50. The van der Waals surface area contributed by atoms with Crippen LogP contribution in [0, 0.1) is 5.41 Å². The predicted molar refractivity (Wildman–Crippen MR) is 93.8 cm³/mol. The lowest BCUT2D eigenvalue weighted by molar-refractivity contribution is 0.0915. The zero-order valence-corrected chi connectivity index (χ0v) is 15.1. The third-order valence-corrected chi connectivity index (χ3v) is 6.27. The minimum absolute atomic E-state index is 0.564. The second kappa shape index (κ2) is 7.75. The van der Waals surface area contributed by atoms with Gasteiger partial charge in [0, 0.05) is 28.9 Å². The molecule has 0 aliphatic carbocycles. The second-order valence-corrected chi connectivity index (χ2v) is 8.14. The molecule has 2 heterocycles. The van der Waals surface area contributed by atoms with Crippen molar-refractivity contribution in [2.24, 2.45) is 5.41 Å². The van der Waals surface area contributed by atoms with Crippen molar-refractivity contribution in [1.82, 2.24) is 10.2 Å². The lowest BCUT2D eigenvalue weighted by atomic mass is 9.74. The summed E-state index contributed by atoms with van der Waals surface area (Å²) in [5.74, 6) is 0. The lowest BCUT2D eigenvalue weighted by Gasteiger charge is -2.40. The average Bonchev–Trinajstić information content (AvgIpc) is 2.94. The van der Waals surface area contributed by atoms with Gasteiger partial charge >= 0.3 is 0 Å². The number of piperidine rings is 1. The molecule has 1 aromatic heterocycles. The highest BCUT2D eigenvalue weighted by Crippen LogP contribution is 2.38. The van der Waals surface area contributed by atoms with Gasteiger partial charge in [-0.3, -0.25) is 4.90 Å². The quantitative estimate of drug-likeness (QED) is 0.789. The smallest absolute Gasteiger partial charge is 0.0328 e. The van der Waals surface area contributed by atoms with Crippen molar-refractivity contribution in [2.45, 2.75) is 72.5 Å². The Kier molecular flexibility index (Phi) is 6.27. The highest BCUT2D eigenvalue weighted by molar-refractivity contribution is 7.11. The van der Waals surface area contributed by atoms with E-state index < -0.39 is 0 Å². The number of nitrogens with zero attached hydrogens (tertiary/aromatic N) is 1. The SMILES string of the molecule is CCC1(CC)CCN(Cc2ccc(CNC(C)C)s2)CC1. The monoisotopic (exact) mass is 308 g/mol. The Morgan fingerprint density at radius 3 is 2.33 bits per heavy atom. The lowest BCUT2D eigenvalue weighted by Crippen LogP contribution is -2.39. The van der Waals surface area contributed by atoms with Gasteiger partial charge in [-0.25, -0.2) is 0 Å². The minimum atomic E-state index is 0.564. The highest BCUT2D eigenvalue weighted by atomic mass is 32.1. The fourth-order valence-corrected chi connectivity index (χ4v) is 4.28. The van der Waals surface area contributed by atoms with E-state index >= 15 is 0 Å². The maximum Gasteiger partial charge on any atom is 0.0328 e. The fourth-order valence-electron chi connectivity index (χ4n) is 3.27. The molecule has 0 saturated carbocycles. The Labute approximate surface area is 134 Å². The van der Waals surface area contributed by atoms with Crippen molar-refractivity contribution in [3.8, 4) is 0 Å². The van der Waals surface area contributed by atoms with Crippen LogP contribution in [-0.4, -0.2) is 24.0 Å². The van der Waals surface area contributed by atoms with E-state index in [1.165, 1.54) is 48.5 Å². The Hall–Kier alpha value is -0.380. The van der Waals surface area contributed by atoms with Crippen molar-refractivity contribution in [3.05, 3.63) is 21.9 Å². The number of likely N-dealkylation sites (tertiary alicyclic amines) is 1. The topological polar surface area (TPSA) is 15.3 Å². The molecule has 1 aliphatic rings. The average molecular weight is 309 g/mol. The van der Waals surface area contributed by atoms with Gasteiger partial charge in [-0.2, -0.15) is 0 Å². The van der Waals surface area contributed by atoms with Crippen LogP contribution < -0.4 is 5.32 Å². The zero-order chi connectivity index (χ0) is 15.3.